The van der Waals surface area contributed by atoms with E-state index >= 15 is 0 Å². The van der Waals surface area contributed by atoms with Crippen molar-refractivity contribution in [2.45, 2.75) is 32.1 Å². The lowest BCUT2D eigenvalue weighted by Gasteiger charge is -2.26. The monoisotopic (exact) mass is 412 g/mol. The zero-order valence-corrected chi connectivity index (χ0v) is 17.0. The van der Waals surface area contributed by atoms with Gasteiger partial charge in [0.1, 0.15) is 5.56 Å². The first-order valence-corrected chi connectivity index (χ1v) is 9.28. The molecule has 29 heavy (non-hydrogen) atoms. The Hall–Kier alpha value is -2.88. The van der Waals surface area contributed by atoms with E-state index in [0.29, 0.717) is 19.5 Å². The molecular weight excluding hydrogens is 384 g/mol. The fraction of sp³-hybridized carbons (Fsp3) is 0.579. The molecule has 162 valence electrons. The van der Waals surface area contributed by atoms with E-state index in [1.165, 1.54) is 26.4 Å². The van der Waals surface area contributed by atoms with Gasteiger partial charge in [0, 0.05) is 32.7 Å². The Morgan fingerprint density at radius 2 is 1.79 bits per heavy atom. The molecule has 1 aromatic carbocycles. The second-order valence-corrected chi connectivity index (χ2v) is 6.16. The largest absolute Gasteiger partial charge is 0.493 e. The van der Waals surface area contributed by atoms with E-state index < -0.39 is 4.92 Å². The summed E-state index contributed by atoms with van der Waals surface area (Å²) in [5.74, 6) is -0.348. The molecule has 0 unspecified atom stereocenters. The Bertz CT molecular complexity index is 702. The fourth-order valence-electron chi connectivity index (χ4n) is 2.91. The standard InChI is InChI=1S/C18H24N2O7.CH4O/c1-25-15-11-13(18(22)19-8-4-3-5-9-19)14(20(23)24)12-16(15)27-10-6-7-17(21)26-2;1-2/h11-12H,3-10H2,1-2H3;2H,1H3. The van der Waals surface area contributed by atoms with E-state index in [0.717, 1.165) is 26.4 Å². The third-order valence-corrected chi connectivity index (χ3v) is 4.36. The van der Waals surface area contributed by atoms with Crippen LogP contribution in [0.1, 0.15) is 42.5 Å². The molecule has 0 atom stereocenters. The minimum Gasteiger partial charge on any atom is -0.493 e. The number of rotatable bonds is 8. The molecule has 1 aliphatic heterocycles. The third kappa shape index (κ3) is 6.90. The Balaban J connectivity index is 0.00000204. The van der Waals surface area contributed by atoms with E-state index in [-0.39, 0.29) is 47.7 Å². The Morgan fingerprint density at radius 1 is 1.14 bits per heavy atom. The summed E-state index contributed by atoms with van der Waals surface area (Å²) in [5.41, 5.74) is -0.338. The van der Waals surface area contributed by atoms with Gasteiger partial charge in [-0.05, 0) is 25.7 Å². The number of aliphatic hydroxyl groups excluding tert-OH is 1. The van der Waals surface area contributed by atoms with Crippen LogP contribution in [0.5, 0.6) is 11.5 Å². The first-order valence-electron chi connectivity index (χ1n) is 9.28. The van der Waals surface area contributed by atoms with Crippen molar-refractivity contribution in [3.8, 4) is 11.5 Å². The van der Waals surface area contributed by atoms with Crippen LogP contribution < -0.4 is 9.47 Å². The normalized spacial score (nSPS) is 13.0. The third-order valence-electron chi connectivity index (χ3n) is 4.36. The summed E-state index contributed by atoms with van der Waals surface area (Å²) in [5, 5.41) is 18.5. The molecule has 0 aliphatic carbocycles. The number of ether oxygens (including phenoxy) is 3. The summed E-state index contributed by atoms with van der Waals surface area (Å²) in [6.07, 6.45) is 3.38. The van der Waals surface area contributed by atoms with Crippen LogP contribution in [0.3, 0.4) is 0 Å². The van der Waals surface area contributed by atoms with E-state index in [2.05, 4.69) is 4.74 Å². The summed E-state index contributed by atoms with van der Waals surface area (Å²) in [6.45, 7) is 1.33. The van der Waals surface area contributed by atoms with Crippen molar-refractivity contribution >= 4 is 17.6 Å². The first kappa shape index (κ1) is 24.2. The lowest BCUT2D eigenvalue weighted by molar-refractivity contribution is -0.385. The van der Waals surface area contributed by atoms with Gasteiger partial charge >= 0.3 is 5.97 Å². The van der Waals surface area contributed by atoms with Crippen molar-refractivity contribution in [1.29, 1.82) is 0 Å². The highest BCUT2D eigenvalue weighted by molar-refractivity contribution is 5.99. The molecule has 1 fully saturated rings. The Morgan fingerprint density at radius 3 is 2.34 bits per heavy atom. The highest BCUT2D eigenvalue weighted by Crippen LogP contribution is 2.35. The lowest BCUT2D eigenvalue weighted by Crippen LogP contribution is -2.35. The predicted molar refractivity (Wildman–Crippen MR) is 104 cm³/mol. The van der Waals surface area contributed by atoms with Crippen molar-refractivity contribution in [1.82, 2.24) is 4.90 Å². The number of amides is 1. The summed E-state index contributed by atoms with van der Waals surface area (Å²) in [4.78, 5) is 36.4. The smallest absolute Gasteiger partial charge is 0.305 e. The van der Waals surface area contributed by atoms with Crippen LogP contribution in [0, 0.1) is 10.1 Å². The lowest BCUT2D eigenvalue weighted by atomic mass is 10.1. The summed E-state index contributed by atoms with van der Waals surface area (Å²) in [7, 11) is 3.70. The highest BCUT2D eigenvalue weighted by atomic mass is 16.6. The van der Waals surface area contributed by atoms with Gasteiger partial charge in [0.25, 0.3) is 11.6 Å². The minimum atomic E-state index is -0.599. The number of methoxy groups -OCH3 is 2. The second kappa shape index (κ2) is 12.6. The number of nitro benzene ring substituents is 1. The number of likely N-dealkylation sites (tertiary alicyclic amines) is 1. The molecule has 2 rings (SSSR count). The second-order valence-electron chi connectivity index (χ2n) is 6.16. The van der Waals surface area contributed by atoms with E-state index in [1.807, 2.05) is 0 Å². The molecule has 0 aromatic heterocycles. The van der Waals surface area contributed by atoms with Gasteiger partial charge in [0.2, 0.25) is 0 Å². The number of nitro groups is 1. The SMILES string of the molecule is CO.COC(=O)CCCOc1cc([N+](=O)[O-])c(C(=O)N2CCCCC2)cc1OC. The first-order chi connectivity index (χ1) is 14.0. The Labute approximate surface area is 169 Å². The number of aliphatic hydroxyl groups is 1. The summed E-state index contributed by atoms with van der Waals surface area (Å²) < 4.78 is 15.3. The van der Waals surface area contributed by atoms with Crippen LogP contribution in [0.15, 0.2) is 12.1 Å². The van der Waals surface area contributed by atoms with E-state index in [1.54, 1.807) is 4.90 Å². The molecule has 1 aromatic rings. The molecule has 1 saturated heterocycles. The topological polar surface area (TPSA) is 128 Å². The highest BCUT2D eigenvalue weighted by Gasteiger charge is 2.28. The van der Waals surface area contributed by atoms with Crippen LogP contribution in [0.25, 0.3) is 0 Å². The van der Waals surface area contributed by atoms with E-state index in [9.17, 15) is 19.7 Å². The fourth-order valence-corrected chi connectivity index (χ4v) is 2.91. The molecule has 1 heterocycles. The van der Waals surface area contributed by atoms with Gasteiger partial charge in [-0.1, -0.05) is 0 Å². The molecule has 10 nitrogen and oxygen atoms in total. The number of carbonyl (C=O) groups excluding carboxylic acids is 2. The van der Waals surface area contributed by atoms with Crippen molar-refractivity contribution < 1.29 is 33.8 Å². The number of esters is 1. The van der Waals surface area contributed by atoms with Gasteiger partial charge in [-0.25, -0.2) is 0 Å². The van der Waals surface area contributed by atoms with Crippen LogP contribution >= 0.6 is 0 Å². The maximum absolute atomic E-state index is 12.7. The number of hydrogen-bond donors (Lipinski definition) is 1. The van der Waals surface area contributed by atoms with Crippen molar-refractivity contribution in [2.24, 2.45) is 0 Å². The molecule has 1 N–H and O–H groups in total. The minimum absolute atomic E-state index is 0.0133. The maximum atomic E-state index is 12.7. The molecule has 0 saturated carbocycles. The van der Waals surface area contributed by atoms with Gasteiger partial charge in [-0.15, -0.1) is 0 Å². The predicted octanol–water partition coefficient (Wildman–Crippen LogP) is 2.17. The van der Waals surface area contributed by atoms with Gasteiger partial charge in [-0.2, -0.15) is 0 Å². The number of piperidine rings is 1. The summed E-state index contributed by atoms with van der Waals surface area (Å²) >= 11 is 0. The van der Waals surface area contributed by atoms with Gasteiger partial charge in [0.05, 0.1) is 31.8 Å². The quantitative estimate of drug-likeness (QED) is 0.298. The molecule has 1 aliphatic rings. The average Bonchev–Trinajstić information content (AvgIpc) is 2.77. The molecule has 0 radical (unpaired) electrons. The number of carbonyl (C=O) groups is 2. The van der Waals surface area contributed by atoms with Crippen molar-refractivity contribution in [3.05, 3.63) is 27.8 Å². The molecule has 1 amide bonds. The van der Waals surface area contributed by atoms with E-state index in [4.69, 9.17) is 14.6 Å². The van der Waals surface area contributed by atoms with Crippen molar-refractivity contribution in [2.75, 3.05) is 41.0 Å². The van der Waals surface area contributed by atoms with Crippen LogP contribution in [0.4, 0.5) is 5.69 Å². The average molecular weight is 412 g/mol. The van der Waals surface area contributed by atoms with Gasteiger partial charge in [0.15, 0.2) is 11.5 Å². The van der Waals surface area contributed by atoms with Crippen LogP contribution in [0.2, 0.25) is 0 Å². The zero-order chi connectivity index (χ0) is 21.8. The number of nitrogens with zero attached hydrogens (tertiary/aromatic N) is 2. The van der Waals surface area contributed by atoms with Crippen LogP contribution in [-0.2, 0) is 9.53 Å². The molecule has 10 heteroatoms. The maximum Gasteiger partial charge on any atom is 0.305 e. The van der Waals surface area contributed by atoms with Crippen molar-refractivity contribution in [3.63, 3.8) is 0 Å². The molecular formula is C19H28N2O8. The van der Waals surface area contributed by atoms with Crippen LogP contribution in [-0.4, -0.2) is 67.8 Å². The van der Waals surface area contributed by atoms with Gasteiger partial charge < -0.3 is 24.2 Å². The molecule has 0 bridgehead atoms. The zero-order valence-electron chi connectivity index (χ0n) is 17.0. The Kier molecular flexibility index (Phi) is 10.5. The number of benzene rings is 1. The number of hydrogen-bond acceptors (Lipinski definition) is 8. The molecule has 0 spiro atoms. The summed E-state index contributed by atoms with van der Waals surface area (Å²) in [6, 6.07) is 2.55. The van der Waals surface area contributed by atoms with Gasteiger partial charge in [-0.3, -0.25) is 19.7 Å².